The van der Waals surface area contributed by atoms with Crippen molar-refractivity contribution in [2.75, 3.05) is 7.11 Å². The topological polar surface area (TPSA) is 65.7 Å². The second-order valence-electron chi connectivity index (χ2n) is 2.27. The highest BCUT2D eigenvalue weighted by molar-refractivity contribution is 5.75. The Morgan fingerprint density at radius 2 is 2.33 bits per heavy atom. The molecule has 0 unspecified atom stereocenters. The molecule has 12 heavy (non-hydrogen) atoms. The van der Waals surface area contributed by atoms with Crippen molar-refractivity contribution in [1.29, 1.82) is 0 Å². The fourth-order valence-electron chi connectivity index (χ4n) is 1.06. The summed E-state index contributed by atoms with van der Waals surface area (Å²) in [5.74, 6) is 0.597. The molecule has 0 bridgehead atoms. The lowest BCUT2D eigenvalue weighted by Gasteiger charge is -1.96. The van der Waals surface area contributed by atoms with E-state index in [1.165, 1.54) is 6.33 Å². The number of aromatic nitrogens is 5. The Kier molecular flexibility index (Phi) is 1.39. The van der Waals surface area contributed by atoms with Gasteiger partial charge in [-0.2, -0.15) is 0 Å². The molecule has 6 nitrogen and oxygen atoms in total. The largest absolute Gasteiger partial charge is 0.480 e. The van der Waals surface area contributed by atoms with Gasteiger partial charge in [-0.05, 0) is 0 Å². The van der Waals surface area contributed by atoms with Gasteiger partial charge in [0.25, 0.3) is 0 Å². The van der Waals surface area contributed by atoms with Crippen LogP contribution in [0, 0.1) is 0 Å². The average molecular weight is 165 g/mol. The van der Waals surface area contributed by atoms with Gasteiger partial charge in [-0.25, -0.2) is 9.67 Å². The van der Waals surface area contributed by atoms with Gasteiger partial charge in [0.1, 0.15) is 6.33 Å². The van der Waals surface area contributed by atoms with Gasteiger partial charge in [-0.3, -0.25) is 0 Å². The molecule has 2 rings (SSSR count). The summed E-state index contributed by atoms with van der Waals surface area (Å²) in [5, 5.41) is 11.4. The van der Waals surface area contributed by atoms with E-state index < -0.39 is 0 Å². The number of nitrogens with zero attached hydrogens (tertiary/aromatic N) is 5. The fraction of sp³-hybridized carbons (Fsp3) is 0.333. The summed E-state index contributed by atoms with van der Waals surface area (Å²) in [7, 11) is 3.33. The van der Waals surface area contributed by atoms with E-state index >= 15 is 0 Å². The van der Waals surface area contributed by atoms with Crippen LogP contribution in [0.25, 0.3) is 11.2 Å². The molecular formula is C6H7N5O. The molecule has 62 valence electrons. The smallest absolute Gasteiger partial charge is 0.240 e. The molecular weight excluding hydrogens is 158 g/mol. The summed E-state index contributed by atoms with van der Waals surface area (Å²) < 4.78 is 6.64. The second kappa shape index (κ2) is 2.40. The normalized spacial score (nSPS) is 10.5. The van der Waals surface area contributed by atoms with Crippen molar-refractivity contribution < 1.29 is 4.74 Å². The van der Waals surface area contributed by atoms with Crippen molar-refractivity contribution in [3.63, 3.8) is 0 Å². The molecule has 0 aliphatic carbocycles. The molecule has 0 aromatic carbocycles. The Hall–Kier alpha value is -1.72. The van der Waals surface area contributed by atoms with Gasteiger partial charge < -0.3 is 4.74 Å². The van der Waals surface area contributed by atoms with Crippen LogP contribution >= 0.6 is 0 Å². The zero-order valence-corrected chi connectivity index (χ0v) is 6.72. The number of ether oxygens (including phenoxy) is 1. The summed E-state index contributed by atoms with van der Waals surface area (Å²) in [4.78, 5) is 3.99. The third-order valence-corrected chi connectivity index (χ3v) is 1.54. The zero-order chi connectivity index (χ0) is 8.55. The first-order valence-corrected chi connectivity index (χ1v) is 3.37. The molecule has 0 aliphatic heterocycles. The molecule has 0 saturated carbocycles. The number of rotatable bonds is 1. The molecule has 6 heteroatoms. The summed E-state index contributed by atoms with van der Waals surface area (Å²) in [5.41, 5.74) is 1.13. The van der Waals surface area contributed by atoms with Crippen molar-refractivity contribution in [2.24, 2.45) is 7.05 Å². The van der Waals surface area contributed by atoms with Crippen molar-refractivity contribution in [3.8, 4) is 5.88 Å². The standard InChI is InChI=1S/C6H7N5O/c1-11-6(12-2)4-5(10-11)9-8-3-7-4/h3H,1-2H3. The fourth-order valence-corrected chi connectivity index (χ4v) is 1.06. The van der Waals surface area contributed by atoms with Gasteiger partial charge in [-0.15, -0.1) is 15.3 Å². The van der Waals surface area contributed by atoms with Crippen LogP contribution in [-0.2, 0) is 7.05 Å². The minimum Gasteiger partial charge on any atom is -0.480 e. The van der Waals surface area contributed by atoms with Gasteiger partial charge >= 0.3 is 0 Å². The molecule has 0 fully saturated rings. The number of hydrogen-bond acceptors (Lipinski definition) is 5. The van der Waals surface area contributed by atoms with Crippen molar-refractivity contribution in [2.45, 2.75) is 0 Å². The third kappa shape index (κ3) is 0.810. The van der Waals surface area contributed by atoms with Crippen LogP contribution in [-0.4, -0.2) is 32.1 Å². The lowest BCUT2D eigenvalue weighted by Crippen LogP contribution is -1.94. The number of hydrogen-bond donors (Lipinski definition) is 0. The van der Waals surface area contributed by atoms with E-state index in [0.29, 0.717) is 17.0 Å². The first-order valence-electron chi connectivity index (χ1n) is 3.37. The number of methoxy groups -OCH3 is 1. The molecule has 2 heterocycles. The SMILES string of the molecule is COc1c2ncnnc2nn1C. The van der Waals surface area contributed by atoms with Crippen LogP contribution in [0.15, 0.2) is 6.33 Å². The minimum atomic E-state index is 0.497. The van der Waals surface area contributed by atoms with Crippen LogP contribution in [0.5, 0.6) is 5.88 Å². The van der Waals surface area contributed by atoms with Crippen LogP contribution in [0.1, 0.15) is 0 Å². The first kappa shape index (κ1) is 6.96. The molecule has 2 aromatic heterocycles. The Bertz CT molecular complexity index is 409. The maximum absolute atomic E-state index is 5.07. The summed E-state index contributed by atoms with van der Waals surface area (Å²) >= 11 is 0. The summed E-state index contributed by atoms with van der Waals surface area (Å²) in [6, 6.07) is 0. The molecule has 0 atom stereocenters. The van der Waals surface area contributed by atoms with Crippen LogP contribution in [0.3, 0.4) is 0 Å². The minimum absolute atomic E-state index is 0.497. The molecule has 0 N–H and O–H groups in total. The number of fused-ring (bicyclic) bond motifs is 1. The van der Waals surface area contributed by atoms with E-state index in [0.717, 1.165) is 0 Å². The quantitative estimate of drug-likeness (QED) is 0.583. The Morgan fingerprint density at radius 1 is 1.50 bits per heavy atom. The lowest BCUT2D eigenvalue weighted by molar-refractivity contribution is 0.377. The molecule has 0 aliphatic rings. The summed E-state index contributed by atoms with van der Waals surface area (Å²) in [6.45, 7) is 0. The van der Waals surface area contributed by atoms with Crippen LogP contribution < -0.4 is 4.74 Å². The van der Waals surface area contributed by atoms with Crippen LogP contribution in [0.2, 0.25) is 0 Å². The highest BCUT2D eigenvalue weighted by Gasteiger charge is 2.10. The molecule has 0 radical (unpaired) electrons. The van der Waals surface area contributed by atoms with E-state index in [1.54, 1.807) is 18.8 Å². The average Bonchev–Trinajstić information content (AvgIpc) is 2.40. The van der Waals surface area contributed by atoms with Crippen molar-refractivity contribution in [3.05, 3.63) is 6.33 Å². The maximum atomic E-state index is 5.07. The predicted octanol–water partition coefficient (Wildman–Crippen LogP) is -0.233. The maximum Gasteiger partial charge on any atom is 0.240 e. The third-order valence-electron chi connectivity index (χ3n) is 1.54. The van der Waals surface area contributed by atoms with E-state index in [1.807, 2.05) is 0 Å². The van der Waals surface area contributed by atoms with E-state index in [4.69, 9.17) is 4.74 Å². The molecule has 0 amide bonds. The molecule has 0 saturated heterocycles. The molecule has 0 spiro atoms. The Balaban J connectivity index is 2.81. The van der Waals surface area contributed by atoms with Gasteiger partial charge in [0.15, 0.2) is 5.52 Å². The van der Waals surface area contributed by atoms with Gasteiger partial charge in [0.2, 0.25) is 11.5 Å². The van der Waals surface area contributed by atoms with Gasteiger partial charge in [0, 0.05) is 7.05 Å². The van der Waals surface area contributed by atoms with Crippen molar-refractivity contribution >= 4 is 11.2 Å². The zero-order valence-electron chi connectivity index (χ0n) is 6.72. The van der Waals surface area contributed by atoms with Crippen LogP contribution in [0.4, 0.5) is 0 Å². The molecule has 2 aromatic rings. The first-order chi connectivity index (χ1) is 5.83. The summed E-state index contributed by atoms with van der Waals surface area (Å²) in [6.07, 6.45) is 1.37. The highest BCUT2D eigenvalue weighted by atomic mass is 16.5. The Morgan fingerprint density at radius 3 is 3.08 bits per heavy atom. The lowest BCUT2D eigenvalue weighted by atomic mass is 10.5. The van der Waals surface area contributed by atoms with E-state index in [2.05, 4.69) is 20.3 Å². The predicted molar refractivity (Wildman–Crippen MR) is 40.7 cm³/mol. The monoisotopic (exact) mass is 165 g/mol. The Labute approximate surface area is 68.2 Å². The highest BCUT2D eigenvalue weighted by Crippen LogP contribution is 2.18. The second-order valence-corrected chi connectivity index (χ2v) is 2.27. The van der Waals surface area contributed by atoms with Crippen molar-refractivity contribution in [1.82, 2.24) is 25.0 Å². The van der Waals surface area contributed by atoms with E-state index in [9.17, 15) is 0 Å². The number of aryl methyl sites for hydroxylation is 1. The van der Waals surface area contributed by atoms with Gasteiger partial charge in [0.05, 0.1) is 7.11 Å². The van der Waals surface area contributed by atoms with E-state index in [-0.39, 0.29) is 0 Å². The van der Waals surface area contributed by atoms with Gasteiger partial charge in [-0.1, -0.05) is 0 Å².